The summed E-state index contributed by atoms with van der Waals surface area (Å²) in [7, 11) is 0. The summed E-state index contributed by atoms with van der Waals surface area (Å²) in [5, 5.41) is 23.4. The van der Waals surface area contributed by atoms with Crippen molar-refractivity contribution in [1.82, 2.24) is 9.61 Å². The van der Waals surface area contributed by atoms with Crippen LogP contribution in [-0.4, -0.2) is 37.7 Å². The van der Waals surface area contributed by atoms with Crippen LogP contribution < -0.4 is 0 Å². The summed E-state index contributed by atoms with van der Waals surface area (Å²) in [6.07, 6.45) is 2.50. The average Bonchev–Trinajstić information content (AvgIpc) is 3.14. The Morgan fingerprint density at radius 3 is 2.58 bits per heavy atom. The molecule has 0 aliphatic carbocycles. The standard InChI is InChI=1S/C23H22F2N2O4/c1-13(2)22-17(7-6-15(28)11-16(29)12-21(30)31)23(26-27-9-3-4-20(22)27)14-5-8-18(24)19(25)10-14/h3-10,13,15,28H,11-12H2,1-2H3,(H,30,31). The van der Waals surface area contributed by atoms with Crippen molar-refractivity contribution in [3.05, 3.63) is 65.4 Å². The number of carboxylic acid groups (broad SMARTS) is 1. The predicted molar refractivity (Wildman–Crippen MR) is 112 cm³/mol. The molecule has 2 aromatic heterocycles. The Morgan fingerprint density at radius 2 is 1.94 bits per heavy atom. The summed E-state index contributed by atoms with van der Waals surface area (Å²) >= 11 is 0. The Labute approximate surface area is 177 Å². The average molecular weight is 428 g/mol. The number of fused-ring (bicyclic) bond motifs is 1. The van der Waals surface area contributed by atoms with Crippen LogP contribution in [0.15, 0.2) is 42.6 Å². The highest BCUT2D eigenvalue weighted by molar-refractivity contribution is 5.95. The number of nitrogens with zero attached hydrogens (tertiary/aromatic N) is 2. The van der Waals surface area contributed by atoms with Gasteiger partial charge in [-0.3, -0.25) is 9.59 Å². The van der Waals surface area contributed by atoms with Crippen molar-refractivity contribution in [2.75, 3.05) is 0 Å². The van der Waals surface area contributed by atoms with Crippen molar-refractivity contribution in [3.63, 3.8) is 0 Å². The Morgan fingerprint density at radius 1 is 1.19 bits per heavy atom. The molecule has 3 aromatic rings. The van der Waals surface area contributed by atoms with E-state index in [0.29, 0.717) is 16.8 Å². The molecule has 0 saturated heterocycles. The minimum atomic E-state index is -1.26. The first kappa shape index (κ1) is 22.3. The molecule has 2 N–H and O–H groups in total. The lowest BCUT2D eigenvalue weighted by molar-refractivity contribution is -0.140. The third kappa shape index (κ3) is 5.03. The Balaban J connectivity index is 2.11. The van der Waals surface area contributed by atoms with Gasteiger partial charge in [0, 0.05) is 23.7 Å². The summed E-state index contributed by atoms with van der Waals surface area (Å²) < 4.78 is 29.0. The maximum atomic E-state index is 13.9. The van der Waals surface area contributed by atoms with E-state index in [2.05, 4.69) is 5.10 Å². The minimum Gasteiger partial charge on any atom is -0.481 e. The second-order valence-corrected chi connectivity index (χ2v) is 7.54. The van der Waals surface area contributed by atoms with Gasteiger partial charge in [-0.15, -0.1) is 0 Å². The van der Waals surface area contributed by atoms with Crippen molar-refractivity contribution in [1.29, 1.82) is 0 Å². The van der Waals surface area contributed by atoms with E-state index in [0.717, 1.165) is 23.2 Å². The number of rotatable bonds is 8. The van der Waals surface area contributed by atoms with E-state index in [1.54, 1.807) is 16.8 Å². The smallest absolute Gasteiger partial charge is 0.310 e. The number of aliphatic hydroxyl groups excluding tert-OH is 1. The van der Waals surface area contributed by atoms with Gasteiger partial charge in [0.25, 0.3) is 0 Å². The fourth-order valence-electron chi connectivity index (χ4n) is 3.48. The number of aliphatic hydroxyl groups is 1. The molecule has 0 spiro atoms. The minimum absolute atomic E-state index is 0.0230. The highest BCUT2D eigenvalue weighted by atomic mass is 19.2. The highest BCUT2D eigenvalue weighted by Crippen LogP contribution is 2.33. The fourth-order valence-corrected chi connectivity index (χ4v) is 3.48. The third-order valence-corrected chi connectivity index (χ3v) is 4.80. The van der Waals surface area contributed by atoms with E-state index in [1.165, 1.54) is 12.1 Å². The van der Waals surface area contributed by atoms with Crippen molar-refractivity contribution in [2.24, 2.45) is 0 Å². The number of ketones is 1. The van der Waals surface area contributed by atoms with Crippen molar-refractivity contribution in [2.45, 2.75) is 38.7 Å². The Hall–Kier alpha value is -3.39. The number of Topliss-reactive ketones (excluding diaryl/α,β-unsaturated/α-hetero) is 1. The van der Waals surface area contributed by atoms with Crippen molar-refractivity contribution < 1.29 is 28.6 Å². The number of halogens is 2. The molecule has 2 heterocycles. The monoisotopic (exact) mass is 428 g/mol. The first-order chi connectivity index (χ1) is 14.7. The van der Waals surface area contributed by atoms with Crippen molar-refractivity contribution in [3.8, 4) is 11.3 Å². The van der Waals surface area contributed by atoms with Gasteiger partial charge in [0.05, 0.1) is 17.3 Å². The molecule has 8 heteroatoms. The SMILES string of the molecule is CC(C)c1c(C=CC(O)CC(=O)CC(=O)O)c(-c2ccc(F)c(F)c2)nn2cccc12. The van der Waals surface area contributed by atoms with Crippen LogP contribution in [-0.2, 0) is 9.59 Å². The zero-order valence-electron chi connectivity index (χ0n) is 17.0. The summed E-state index contributed by atoms with van der Waals surface area (Å²) in [6, 6.07) is 7.19. The number of hydrogen-bond acceptors (Lipinski definition) is 4. The normalized spacial score (nSPS) is 12.7. The topological polar surface area (TPSA) is 91.9 Å². The van der Waals surface area contributed by atoms with Gasteiger partial charge in [0.1, 0.15) is 12.2 Å². The van der Waals surface area contributed by atoms with Gasteiger partial charge in [0.15, 0.2) is 11.6 Å². The lowest BCUT2D eigenvalue weighted by atomic mass is 9.93. The van der Waals surface area contributed by atoms with Gasteiger partial charge in [-0.05, 0) is 41.8 Å². The maximum absolute atomic E-state index is 13.9. The largest absolute Gasteiger partial charge is 0.481 e. The first-order valence-corrected chi connectivity index (χ1v) is 9.73. The summed E-state index contributed by atoms with van der Waals surface area (Å²) in [6.45, 7) is 3.95. The zero-order chi connectivity index (χ0) is 22.7. The van der Waals surface area contributed by atoms with Gasteiger partial charge in [-0.2, -0.15) is 5.10 Å². The molecule has 0 amide bonds. The lowest BCUT2D eigenvalue weighted by Gasteiger charge is -2.17. The van der Waals surface area contributed by atoms with Gasteiger partial charge in [-0.1, -0.05) is 26.0 Å². The molecule has 162 valence electrons. The third-order valence-electron chi connectivity index (χ3n) is 4.80. The second-order valence-electron chi connectivity index (χ2n) is 7.54. The highest BCUT2D eigenvalue weighted by Gasteiger charge is 2.19. The van der Waals surface area contributed by atoms with Crippen LogP contribution in [0.1, 0.15) is 43.7 Å². The fraction of sp³-hybridized carbons (Fsp3) is 0.261. The van der Waals surface area contributed by atoms with Crippen LogP contribution in [0.2, 0.25) is 0 Å². The molecule has 0 aliphatic rings. The Kier molecular flexibility index (Phi) is 6.60. The van der Waals surface area contributed by atoms with Gasteiger partial charge in [0.2, 0.25) is 0 Å². The number of hydrogen-bond donors (Lipinski definition) is 2. The van der Waals surface area contributed by atoms with E-state index in [9.17, 15) is 23.5 Å². The number of aliphatic carboxylic acids is 1. The summed E-state index contributed by atoms with van der Waals surface area (Å²) in [4.78, 5) is 22.3. The molecule has 0 aliphatic heterocycles. The van der Waals surface area contributed by atoms with Gasteiger partial charge < -0.3 is 10.2 Å². The molecule has 6 nitrogen and oxygen atoms in total. The molecular formula is C23H22F2N2O4. The molecule has 1 aromatic carbocycles. The lowest BCUT2D eigenvalue weighted by Crippen LogP contribution is -2.14. The Bertz CT molecular complexity index is 1170. The van der Waals surface area contributed by atoms with E-state index < -0.39 is 35.9 Å². The van der Waals surface area contributed by atoms with E-state index in [-0.39, 0.29) is 12.3 Å². The molecular weight excluding hydrogens is 406 g/mol. The molecule has 0 bridgehead atoms. The number of carboxylic acids is 1. The van der Waals surface area contributed by atoms with Gasteiger partial charge in [-0.25, -0.2) is 13.3 Å². The summed E-state index contributed by atoms with van der Waals surface area (Å²) in [5.41, 5.74) is 3.02. The molecule has 3 rings (SSSR count). The van der Waals surface area contributed by atoms with Crippen LogP contribution >= 0.6 is 0 Å². The number of benzene rings is 1. The van der Waals surface area contributed by atoms with E-state index in [1.807, 2.05) is 26.0 Å². The maximum Gasteiger partial charge on any atom is 0.310 e. The predicted octanol–water partition coefficient (Wildman–Crippen LogP) is 4.21. The number of carbonyl (C=O) groups is 2. The quantitative estimate of drug-likeness (QED) is 0.525. The molecule has 0 fully saturated rings. The van der Waals surface area contributed by atoms with Crippen LogP contribution in [0.25, 0.3) is 22.9 Å². The van der Waals surface area contributed by atoms with Crippen LogP contribution in [0, 0.1) is 11.6 Å². The summed E-state index contributed by atoms with van der Waals surface area (Å²) in [5.74, 6) is -3.82. The molecule has 0 radical (unpaired) electrons. The van der Waals surface area contributed by atoms with Crippen LogP contribution in [0.5, 0.6) is 0 Å². The first-order valence-electron chi connectivity index (χ1n) is 9.73. The molecule has 1 atom stereocenters. The molecule has 1 unspecified atom stereocenters. The van der Waals surface area contributed by atoms with Crippen LogP contribution in [0.4, 0.5) is 8.78 Å². The second kappa shape index (κ2) is 9.18. The van der Waals surface area contributed by atoms with Crippen molar-refractivity contribution >= 4 is 23.3 Å². The van der Waals surface area contributed by atoms with Crippen LogP contribution in [0.3, 0.4) is 0 Å². The number of aromatic nitrogens is 2. The van der Waals surface area contributed by atoms with Gasteiger partial charge >= 0.3 is 5.97 Å². The zero-order valence-corrected chi connectivity index (χ0v) is 17.0. The molecule has 0 saturated carbocycles. The van der Waals surface area contributed by atoms with E-state index >= 15 is 0 Å². The molecule has 31 heavy (non-hydrogen) atoms. The number of carbonyl (C=O) groups excluding carboxylic acids is 1. The van der Waals surface area contributed by atoms with E-state index in [4.69, 9.17) is 5.11 Å².